The number of benzene rings is 1. The van der Waals surface area contributed by atoms with Crippen LogP contribution in [0.5, 0.6) is 5.75 Å². The molecule has 1 aromatic carbocycles. The normalized spacial score (nSPS) is 14.1. The Morgan fingerprint density at radius 3 is 2.43 bits per heavy atom. The Kier molecular flexibility index (Phi) is 2.71. The Balaban J connectivity index is 3.12. The van der Waals surface area contributed by atoms with Crippen LogP contribution in [0, 0.1) is 6.92 Å². The molecule has 2 nitrogen and oxygen atoms in total. The molecular weight excluding hydrogens is 195 g/mol. The lowest BCUT2D eigenvalue weighted by molar-refractivity contribution is -0.149. The molecule has 0 heterocycles. The fourth-order valence-electron chi connectivity index (χ4n) is 1.10. The molecular formula is C9H10F3NO. The standard InChI is InChI=1S/C9H10F3NO/c1-5-2-3-7(14)6(4-5)8(13)9(10,11)12/h2-4,8,14H,13H2,1H3. The molecule has 0 aromatic heterocycles. The van der Waals surface area contributed by atoms with Crippen molar-refractivity contribution in [2.24, 2.45) is 5.73 Å². The molecule has 0 bridgehead atoms. The molecule has 1 unspecified atom stereocenters. The first kappa shape index (κ1) is 10.8. The van der Waals surface area contributed by atoms with Crippen molar-refractivity contribution >= 4 is 0 Å². The van der Waals surface area contributed by atoms with Gasteiger partial charge >= 0.3 is 6.18 Å². The fraction of sp³-hybridized carbons (Fsp3) is 0.333. The Labute approximate surface area is 79.2 Å². The second-order valence-corrected chi connectivity index (χ2v) is 3.08. The smallest absolute Gasteiger partial charge is 0.407 e. The molecule has 14 heavy (non-hydrogen) atoms. The number of phenols is 1. The van der Waals surface area contributed by atoms with Gasteiger partial charge in [0.2, 0.25) is 0 Å². The lowest BCUT2D eigenvalue weighted by atomic mass is 10.0. The van der Waals surface area contributed by atoms with Crippen molar-refractivity contribution in [2.45, 2.75) is 19.1 Å². The lowest BCUT2D eigenvalue weighted by Gasteiger charge is -2.17. The van der Waals surface area contributed by atoms with Crippen LogP contribution in [0.4, 0.5) is 13.2 Å². The third kappa shape index (κ3) is 2.17. The highest BCUT2D eigenvalue weighted by Crippen LogP contribution is 2.35. The molecule has 3 N–H and O–H groups in total. The first-order chi connectivity index (χ1) is 6.32. The quantitative estimate of drug-likeness (QED) is 0.738. The number of alkyl halides is 3. The number of halogens is 3. The maximum atomic E-state index is 12.2. The van der Waals surface area contributed by atoms with Gasteiger partial charge < -0.3 is 10.8 Å². The predicted octanol–water partition coefficient (Wildman–Crippen LogP) is 2.26. The molecule has 0 saturated heterocycles. The number of rotatable bonds is 1. The van der Waals surface area contributed by atoms with E-state index in [1.54, 1.807) is 6.92 Å². The fourth-order valence-corrected chi connectivity index (χ4v) is 1.10. The highest BCUT2D eigenvalue weighted by atomic mass is 19.4. The third-order valence-corrected chi connectivity index (χ3v) is 1.87. The summed E-state index contributed by atoms with van der Waals surface area (Å²) < 4.78 is 36.6. The van der Waals surface area contributed by atoms with Crippen LogP contribution >= 0.6 is 0 Å². The molecule has 1 atom stereocenters. The largest absolute Gasteiger partial charge is 0.508 e. The molecule has 0 radical (unpaired) electrons. The van der Waals surface area contributed by atoms with Crippen LogP contribution in [0.15, 0.2) is 18.2 Å². The minimum atomic E-state index is -4.54. The van der Waals surface area contributed by atoms with Crippen molar-refractivity contribution in [3.05, 3.63) is 29.3 Å². The molecule has 0 spiro atoms. The summed E-state index contributed by atoms with van der Waals surface area (Å²) in [5.74, 6) is -0.430. The van der Waals surface area contributed by atoms with Crippen molar-refractivity contribution < 1.29 is 18.3 Å². The maximum Gasteiger partial charge on any atom is 0.407 e. The first-order valence-corrected chi connectivity index (χ1v) is 3.94. The summed E-state index contributed by atoms with van der Waals surface area (Å²) in [6.07, 6.45) is -4.54. The van der Waals surface area contributed by atoms with Gasteiger partial charge in [-0.15, -0.1) is 0 Å². The van der Waals surface area contributed by atoms with Crippen LogP contribution in [0.1, 0.15) is 17.2 Å². The van der Waals surface area contributed by atoms with Gasteiger partial charge in [-0.25, -0.2) is 0 Å². The van der Waals surface area contributed by atoms with E-state index in [0.29, 0.717) is 5.56 Å². The van der Waals surface area contributed by atoms with Gasteiger partial charge in [-0.1, -0.05) is 17.7 Å². The molecule has 78 valence electrons. The third-order valence-electron chi connectivity index (χ3n) is 1.87. The number of aryl methyl sites for hydroxylation is 1. The van der Waals surface area contributed by atoms with E-state index >= 15 is 0 Å². The Bertz CT molecular complexity index is 335. The van der Waals surface area contributed by atoms with Crippen LogP contribution in [0.3, 0.4) is 0 Å². The van der Waals surface area contributed by atoms with Gasteiger partial charge in [0, 0.05) is 5.56 Å². The zero-order valence-electron chi connectivity index (χ0n) is 7.47. The van der Waals surface area contributed by atoms with E-state index in [4.69, 9.17) is 5.73 Å². The van der Waals surface area contributed by atoms with Gasteiger partial charge in [-0.05, 0) is 13.0 Å². The minimum Gasteiger partial charge on any atom is -0.508 e. The van der Waals surface area contributed by atoms with E-state index in [2.05, 4.69) is 0 Å². The molecule has 0 aliphatic carbocycles. The second-order valence-electron chi connectivity index (χ2n) is 3.08. The van der Waals surface area contributed by atoms with Gasteiger partial charge in [0.25, 0.3) is 0 Å². The summed E-state index contributed by atoms with van der Waals surface area (Å²) in [6, 6.07) is 1.81. The molecule has 0 aliphatic rings. The SMILES string of the molecule is Cc1ccc(O)c(C(N)C(F)(F)F)c1. The van der Waals surface area contributed by atoms with E-state index in [1.165, 1.54) is 18.2 Å². The zero-order chi connectivity index (χ0) is 10.9. The van der Waals surface area contributed by atoms with Crippen LogP contribution in [0.25, 0.3) is 0 Å². The highest BCUT2D eigenvalue weighted by Gasteiger charge is 2.39. The summed E-state index contributed by atoms with van der Waals surface area (Å²) in [6.45, 7) is 1.63. The summed E-state index contributed by atoms with van der Waals surface area (Å²) in [4.78, 5) is 0. The molecule has 1 aromatic rings. The second kappa shape index (κ2) is 3.49. The summed E-state index contributed by atoms with van der Waals surface area (Å²) in [5, 5.41) is 9.19. The van der Waals surface area contributed by atoms with Gasteiger partial charge in [0.05, 0.1) is 0 Å². The van der Waals surface area contributed by atoms with Gasteiger partial charge in [-0.2, -0.15) is 13.2 Å². The van der Waals surface area contributed by atoms with Gasteiger partial charge in [0.15, 0.2) is 0 Å². The van der Waals surface area contributed by atoms with Crippen molar-refractivity contribution in [3.8, 4) is 5.75 Å². The molecule has 5 heteroatoms. The average molecular weight is 205 g/mol. The lowest BCUT2D eigenvalue weighted by Crippen LogP contribution is -2.28. The average Bonchev–Trinajstić information content (AvgIpc) is 2.06. The number of phenolic OH excluding ortho intramolecular Hbond substituents is 1. The number of hydrogen-bond donors (Lipinski definition) is 2. The van der Waals surface area contributed by atoms with Crippen molar-refractivity contribution in [3.63, 3.8) is 0 Å². The predicted molar refractivity (Wildman–Crippen MR) is 45.8 cm³/mol. The molecule has 0 aliphatic heterocycles. The minimum absolute atomic E-state index is 0.294. The van der Waals surface area contributed by atoms with E-state index in [-0.39, 0.29) is 5.56 Å². The van der Waals surface area contributed by atoms with Crippen LogP contribution in [0.2, 0.25) is 0 Å². The molecule has 1 rings (SSSR count). The number of aromatic hydroxyl groups is 1. The highest BCUT2D eigenvalue weighted by molar-refractivity contribution is 5.38. The van der Waals surface area contributed by atoms with Gasteiger partial charge in [0.1, 0.15) is 11.8 Å². The van der Waals surface area contributed by atoms with Crippen LogP contribution < -0.4 is 5.73 Å². The molecule has 0 amide bonds. The summed E-state index contributed by atoms with van der Waals surface area (Å²) >= 11 is 0. The van der Waals surface area contributed by atoms with E-state index < -0.39 is 18.0 Å². The van der Waals surface area contributed by atoms with Crippen molar-refractivity contribution in [1.82, 2.24) is 0 Å². The summed E-state index contributed by atoms with van der Waals surface area (Å²) in [7, 11) is 0. The maximum absolute atomic E-state index is 12.2. The number of nitrogens with two attached hydrogens (primary N) is 1. The molecule has 0 saturated carbocycles. The Morgan fingerprint density at radius 1 is 1.36 bits per heavy atom. The zero-order valence-corrected chi connectivity index (χ0v) is 7.47. The molecule has 0 fully saturated rings. The topological polar surface area (TPSA) is 46.2 Å². The van der Waals surface area contributed by atoms with Gasteiger partial charge in [-0.3, -0.25) is 0 Å². The first-order valence-electron chi connectivity index (χ1n) is 3.94. The van der Waals surface area contributed by atoms with E-state index in [9.17, 15) is 18.3 Å². The Morgan fingerprint density at radius 2 is 1.93 bits per heavy atom. The van der Waals surface area contributed by atoms with Crippen LogP contribution in [-0.4, -0.2) is 11.3 Å². The Hall–Kier alpha value is -1.23. The number of hydrogen-bond acceptors (Lipinski definition) is 2. The monoisotopic (exact) mass is 205 g/mol. The van der Waals surface area contributed by atoms with Crippen LogP contribution in [-0.2, 0) is 0 Å². The van der Waals surface area contributed by atoms with E-state index in [0.717, 1.165) is 0 Å². The van der Waals surface area contributed by atoms with E-state index in [1.807, 2.05) is 0 Å². The van der Waals surface area contributed by atoms with Crippen molar-refractivity contribution in [1.29, 1.82) is 0 Å². The van der Waals surface area contributed by atoms with Crippen molar-refractivity contribution in [2.75, 3.05) is 0 Å². The summed E-state index contributed by atoms with van der Waals surface area (Å²) in [5.41, 5.74) is 5.29.